The summed E-state index contributed by atoms with van der Waals surface area (Å²) in [5.74, 6) is -0.836. The first-order valence-electron chi connectivity index (χ1n) is 6.46. The van der Waals surface area contributed by atoms with Gasteiger partial charge in [0.25, 0.3) is 11.8 Å². The Morgan fingerprint density at radius 2 is 1.67 bits per heavy atom. The van der Waals surface area contributed by atoms with E-state index in [1.165, 1.54) is 0 Å². The summed E-state index contributed by atoms with van der Waals surface area (Å²) < 4.78 is 6.29. The van der Waals surface area contributed by atoms with E-state index in [1.54, 1.807) is 12.1 Å². The van der Waals surface area contributed by atoms with Gasteiger partial charge < -0.3 is 9.64 Å². The summed E-state index contributed by atoms with van der Waals surface area (Å²) in [6.07, 6.45) is 0. The molecular formula is C14H12ClIN2O3. The molecule has 0 atom stereocenters. The number of imide groups is 1. The van der Waals surface area contributed by atoms with Crippen LogP contribution in [-0.4, -0.2) is 43.0 Å². The highest BCUT2D eigenvalue weighted by Gasteiger charge is 2.41. The third-order valence-corrected chi connectivity index (χ3v) is 4.48. The topological polar surface area (TPSA) is 49.9 Å². The number of rotatable bonds is 2. The summed E-state index contributed by atoms with van der Waals surface area (Å²) in [6, 6.07) is 7.17. The van der Waals surface area contributed by atoms with Crippen molar-refractivity contribution in [3.05, 3.63) is 38.6 Å². The molecule has 1 aromatic carbocycles. The molecular weight excluding hydrogens is 407 g/mol. The number of hydrogen-bond acceptors (Lipinski definition) is 4. The van der Waals surface area contributed by atoms with Gasteiger partial charge in [0.15, 0.2) is 0 Å². The quantitative estimate of drug-likeness (QED) is 0.544. The van der Waals surface area contributed by atoms with Crippen molar-refractivity contribution in [3.8, 4) is 0 Å². The molecule has 0 spiro atoms. The molecule has 0 unspecified atom stereocenters. The molecule has 0 saturated carbocycles. The predicted octanol–water partition coefficient (Wildman–Crippen LogP) is 1.95. The van der Waals surface area contributed by atoms with E-state index in [2.05, 4.69) is 22.6 Å². The van der Waals surface area contributed by atoms with Crippen LogP contribution < -0.4 is 4.90 Å². The molecule has 3 rings (SSSR count). The second-order valence-electron chi connectivity index (χ2n) is 4.68. The fraction of sp³-hybridized carbons (Fsp3) is 0.286. The van der Waals surface area contributed by atoms with Gasteiger partial charge in [0.1, 0.15) is 10.7 Å². The van der Waals surface area contributed by atoms with Crippen LogP contribution in [0.15, 0.2) is 35.0 Å². The number of carbonyl (C=O) groups is 2. The third-order valence-electron chi connectivity index (χ3n) is 3.42. The van der Waals surface area contributed by atoms with E-state index in [4.69, 9.17) is 16.3 Å². The minimum atomic E-state index is -0.468. The van der Waals surface area contributed by atoms with Gasteiger partial charge in [-0.15, -0.1) is 0 Å². The monoisotopic (exact) mass is 418 g/mol. The lowest BCUT2D eigenvalue weighted by Gasteiger charge is -2.29. The van der Waals surface area contributed by atoms with Crippen molar-refractivity contribution in [3.63, 3.8) is 0 Å². The molecule has 1 fully saturated rings. The highest BCUT2D eigenvalue weighted by atomic mass is 127. The van der Waals surface area contributed by atoms with Gasteiger partial charge in [-0.2, -0.15) is 0 Å². The maximum Gasteiger partial charge on any atom is 0.283 e. The highest BCUT2D eigenvalue weighted by Crippen LogP contribution is 2.31. The van der Waals surface area contributed by atoms with Gasteiger partial charge in [-0.3, -0.25) is 9.59 Å². The number of hydrogen-bond donors (Lipinski definition) is 0. The Morgan fingerprint density at radius 3 is 2.29 bits per heavy atom. The van der Waals surface area contributed by atoms with Crippen LogP contribution in [-0.2, 0) is 14.3 Å². The number of carbonyl (C=O) groups excluding carboxylic acids is 2. The Balaban J connectivity index is 1.92. The van der Waals surface area contributed by atoms with Crippen molar-refractivity contribution in [1.29, 1.82) is 0 Å². The van der Waals surface area contributed by atoms with Crippen LogP contribution in [0.25, 0.3) is 0 Å². The molecule has 0 aliphatic carbocycles. The lowest BCUT2D eigenvalue weighted by atomic mass is 10.3. The van der Waals surface area contributed by atoms with Crippen molar-refractivity contribution >= 4 is 51.7 Å². The zero-order valence-electron chi connectivity index (χ0n) is 11.0. The smallest absolute Gasteiger partial charge is 0.283 e. The van der Waals surface area contributed by atoms with Crippen molar-refractivity contribution in [2.24, 2.45) is 0 Å². The molecule has 2 heterocycles. The van der Waals surface area contributed by atoms with Gasteiger partial charge in [0, 0.05) is 16.7 Å². The second kappa shape index (κ2) is 5.94. The number of benzene rings is 1. The average molecular weight is 419 g/mol. The van der Waals surface area contributed by atoms with Crippen molar-refractivity contribution in [2.75, 3.05) is 31.2 Å². The van der Waals surface area contributed by atoms with Gasteiger partial charge in [-0.05, 0) is 46.9 Å². The molecule has 2 aliphatic heterocycles. The highest BCUT2D eigenvalue weighted by molar-refractivity contribution is 14.1. The zero-order valence-corrected chi connectivity index (χ0v) is 13.9. The Kier molecular flexibility index (Phi) is 4.19. The van der Waals surface area contributed by atoms with Gasteiger partial charge in [-0.25, -0.2) is 4.90 Å². The van der Waals surface area contributed by atoms with E-state index in [9.17, 15) is 9.59 Å². The number of anilines is 1. The number of amides is 2. The maximum atomic E-state index is 12.6. The summed E-state index contributed by atoms with van der Waals surface area (Å²) in [7, 11) is 0. The summed E-state index contributed by atoms with van der Waals surface area (Å²) in [4.78, 5) is 27.8. The van der Waals surface area contributed by atoms with Gasteiger partial charge in [0.05, 0.1) is 18.9 Å². The van der Waals surface area contributed by atoms with Crippen molar-refractivity contribution < 1.29 is 14.3 Å². The minimum absolute atomic E-state index is 0.0135. The standard InChI is InChI=1S/C14H12ClIN2O3/c15-11-12(17-5-7-21-8-6-17)14(20)18(13(11)19)10-3-1-9(16)2-4-10/h1-4H,5-8H2. The van der Waals surface area contributed by atoms with Crippen LogP contribution >= 0.6 is 34.2 Å². The summed E-state index contributed by atoms with van der Waals surface area (Å²) >= 11 is 8.28. The van der Waals surface area contributed by atoms with Crippen LogP contribution in [0.4, 0.5) is 5.69 Å². The molecule has 2 aliphatic rings. The summed E-state index contributed by atoms with van der Waals surface area (Å²) in [6.45, 7) is 2.17. The van der Waals surface area contributed by atoms with Crippen LogP contribution in [0.5, 0.6) is 0 Å². The van der Waals surface area contributed by atoms with E-state index >= 15 is 0 Å². The molecule has 0 bridgehead atoms. The Hall–Kier alpha value is -1.12. The Bertz CT molecular complexity index is 624. The Labute approximate surface area is 140 Å². The van der Waals surface area contributed by atoms with Crippen LogP contribution in [0.3, 0.4) is 0 Å². The number of halogens is 2. The third kappa shape index (κ3) is 2.67. The SMILES string of the molecule is O=C1C(Cl)=C(N2CCOCC2)C(=O)N1c1ccc(I)cc1. The summed E-state index contributed by atoms with van der Waals surface area (Å²) in [5.41, 5.74) is 0.815. The lowest BCUT2D eigenvalue weighted by molar-refractivity contribution is -0.121. The van der Waals surface area contributed by atoms with Gasteiger partial charge >= 0.3 is 0 Å². The zero-order chi connectivity index (χ0) is 15.0. The van der Waals surface area contributed by atoms with E-state index in [0.29, 0.717) is 32.0 Å². The van der Waals surface area contributed by atoms with Crippen LogP contribution in [0, 0.1) is 3.57 Å². The molecule has 0 radical (unpaired) electrons. The largest absolute Gasteiger partial charge is 0.378 e. The second-order valence-corrected chi connectivity index (χ2v) is 6.31. The van der Waals surface area contributed by atoms with E-state index in [-0.39, 0.29) is 16.6 Å². The van der Waals surface area contributed by atoms with Crippen molar-refractivity contribution in [1.82, 2.24) is 4.90 Å². The molecule has 2 amide bonds. The van der Waals surface area contributed by atoms with Gasteiger partial charge in [0.2, 0.25) is 0 Å². The van der Waals surface area contributed by atoms with E-state index in [0.717, 1.165) is 8.47 Å². The number of nitrogens with zero attached hydrogens (tertiary/aromatic N) is 2. The first-order valence-corrected chi connectivity index (χ1v) is 7.92. The Morgan fingerprint density at radius 1 is 1.05 bits per heavy atom. The van der Waals surface area contributed by atoms with Crippen LogP contribution in [0.2, 0.25) is 0 Å². The summed E-state index contributed by atoms with van der Waals surface area (Å²) in [5, 5.41) is -0.0135. The fourth-order valence-corrected chi connectivity index (χ4v) is 3.02. The molecule has 0 N–H and O–H groups in total. The molecule has 110 valence electrons. The number of ether oxygens (including phenoxy) is 1. The first kappa shape index (κ1) is 14.8. The average Bonchev–Trinajstić information content (AvgIpc) is 2.72. The van der Waals surface area contributed by atoms with E-state index < -0.39 is 5.91 Å². The number of morpholine rings is 1. The van der Waals surface area contributed by atoms with Crippen molar-refractivity contribution in [2.45, 2.75) is 0 Å². The van der Waals surface area contributed by atoms with Crippen LogP contribution in [0.1, 0.15) is 0 Å². The molecule has 5 nitrogen and oxygen atoms in total. The minimum Gasteiger partial charge on any atom is -0.378 e. The molecule has 21 heavy (non-hydrogen) atoms. The molecule has 0 aromatic heterocycles. The maximum absolute atomic E-state index is 12.6. The normalized spacial score (nSPS) is 19.7. The van der Waals surface area contributed by atoms with E-state index in [1.807, 2.05) is 17.0 Å². The van der Waals surface area contributed by atoms with Gasteiger partial charge in [-0.1, -0.05) is 11.6 Å². The first-order chi connectivity index (χ1) is 10.1. The predicted molar refractivity (Wildman–Crippen MR) is 86.9 cm³/mol. The molecule has 1 saturated heterocycles. The molecule has 1 aromatic rings. The fourth-order valence-electron chi connectivity index (χ4n) is 2.38. The lowest BCUT2D eigenvalue weighted by Crippen LogP contribution is -2.40. The molecule has 7 heteroatoms.